The molecule has 0 fully saturated rings. The van der Waals surface area contributed by atoms with Gasteiger partial charge >= 0.3 is 0 Å². The molecule has 0 bridgehead atoms. The van der Waals surface area contributed by atoms with Crippen LogP contribution in [0.3, 0.4) is 0 Å². The Balaban J connectivity index is 2.66. The molecule has 2 aromatic rings. The summed E-state index contributed by atoms with van der Waals surface area (Å²) < 4.78 is 1.95. The van der Waals surface area contributed by atoms with Gasteiger partial charge in [-0.3, -0.25) is 0 Å². The van der Waals surface area contributed by atoms with Crippen LogP contribution < -0.4 is 5.73 Å². The molecule has 0 radical (unpaired) electrons. The van der Waals surface area contributed by atoms with E-state index in [1.807, 2.05) is 6.07 Å². The average molecular weight is 332 g/mol. The molecule has 86 valence electrons. The molecule has 4 nitrogen and oxygen atoms in total. The van der Waals surface area contributed by atoms with Crippen LogP contribution in [0.25, 0.3) is 5.69 Å². The fourth-order valence-electron chi connectivity index (χ4n) is 1.32. The van der Waals surface area contributed by atoms with Crippen LogP contribution in [-0.2, 0) is 0 Å². The summed E-state index contributed by atoms with van der Waals surface area (Å²) in [4.78, 5) is 0. The van der Waals surface area contributed by atoms with E-state index in [1.165, 1.54) is 10.9 Å². The molecule has 0 saturated heterocycles. The third-order valence-corrected chi connectivity index (χ3v) is 4.15. The second-order valence-corrected chi connectivity index (χ2v) is 4.74. The van der Waals surface area contributed by atoms with E-state index in [1.54, 1.807) is 12.1 Å². The first-order valence-electron chi connectivity index (χ1n) is 4.43. The van der Waals surface area contributed by atoms with Gasteiger partial charge in [-0.2, -0.15) is 10.4 Å². The lowest BCUT2D eigenvalue weighted by Gasteiger charge is -2.08. The average Bonchev–Trinajstić information content (AvgIpc) is 2.68. The van der Waals surface area contributed by atoms with Crippen molar-refractivity contribution in [2.24, 2.45) is 0 Å². The van der Waals surface area contributed by atoms with Crippen LogP contribution in [0.15, 0.2) is 22.8 Å². The highest BCUT2D eigenvalue weighted by Crippen LogP contribution is 2.35. The Morgan fingerprint density at radius 2 is 2.12 bits per heavy atom. The number of hydrogen-bond acceptors (Lipinski definition) is 3. The quantitative estimate of drug-likeness (QED) is 0.814. The predicted molar refractivity (Wildman–Crippen MR) is 70.4 cm³/mol. The summed E-state index contributed by atoms with van der Waals surface area (Å²) in [5.74, 6) is 0.239. The fourth-order valence-corrected chi connectivity index (χ4v) is 2.10. The van der Waals surface area contributed by atoms with E-state index in [0.29, 0.717) is 25.8 Å². The molecule has 0 aliphatic heterocycles. The van der Waals surface area contributed by atoms with Gasteiger partial charge in [0.1, 0.15) is 17.5 Å². The molecule has 0 atom stereocenters. The van der Waals surface area contributed by atoms with Crippen LogP contribution >= 0.6 is 39.1 Å². The van der Waals surface area contributed by atoms with E-state index in [2.05, 4.69) is 21.0 Å². The zero-order valence-electron chi connectivity index (χ0n) is 8.28. The SMILES string of the molecule is N#Cc1cnn(-c2ccc(Cl)c(Br)c2Cl)c1N. The van der Waals surface area contributed by atoms with Crippen molar-refractivity contribution in [1.29, 1.82) is 5.26 Å². The highest BCUT2D eigenvalue weighted by atomic mass is 79.9. The number of nitrogens with two attached hydrogens (primary N) is 1. The molecule has 1 aromatic heterocycles. The van der Waals surface area contributed by atoms with Crippen molar-refractivity contribution in [3.8, 4) is 11.8 Å². The third kappa shape index (κ3) is 2.00. The highest BCUT2D eigenvalue weighted by Gasteiger charge is 2.14. The largest absolute Gasteiger partial charge is 0.382 e. The Labute approximate surface area is 116 Å². The number of nitrogens with zero attached hydrogens (tertiary/aromatic N) is 3. The molecule has 7 heteroatoms. The molecule has 1 heterocycles. The van der Waals surface area contributed by atoms with Gasteiger partial charge in [0.15, 0.2) is 0 Å². The van der Waals surface area contributed by atoms with Gasteiger partial charge in [0.05, 0.1) is 26.4 Å². The Morgan fingerprint density at radius 3 is 2.71 bits per heavy atom. The third-order valence-electron chi connectivity index (χ3n) is 2.17. The summed E-state index contributed by atoms with van der Waals surface area (Å²) in [6.07, 6.45) is 1.38. The minimum absolute atomic E-state index is 0.239. The van der Waals surface area contributed by atoms with Gasteiger partial charge in [0.25, 0.3) is 0 Å². The van der Waals surface area contributed by atoms with Gasteiger partial charge < -0.3 is 5.73 Å². The van der Waals surface area contributed by atoms with Crippen molar-refractivity contribution in [2.45, 2.75) is 0 Å². The molecule has 0 spiro atoms. The maximum Gasteiger partial charge on any atom is 0.145 e. The normalized spacial score (nSPS) is 10.2. The van der Waals surface area contributed by atoms with E-state index >= 15 is 0 Å². The van der Waals surface area contributed by atoms with E-state index < -0.39 is 0 Å². The van der Waals surface area contributed by atoms with Crippen LogP contribution in [0.1, 0.15) is 5.56 Å². The zero-order valence-corrected chi connectivity index (χ0v) is 11.4. The molecule has 17 heavy (non-hydrogen) atoms. The maximum absolute atomic E-state index is 8.80. The van der Waals surface area contributed by atoms with Crippen molar-refractivity contribution < 1.29 is 0 Å². The van der Waals surface area contributed by atoms with Crippen LogP contribution in [0.2, 0.25) is 10.0 Å². The highest BCUT2D eigenvalue weighted by molar-refractivity contribution is 9.10. The van der Waals surface area contributed by atoms with Gasteiger partial charge in [0.2, 0.25) is 0 Å². The smallest absolute Gasteiger partial charge is 0.145 e. The standard InChI is InChI=1S/C10H5BrCl2N4/c11-8-6(12)1-2-7(9(8)13)17-10(15)5(3-14)4-16-17/h1-2,4H,15H2. The molecular formula is C10H5BrCl2N4. The summed E-state index contributed by atoms with van der Waals surface area (Å²) in [7, 11) is 0. The van der Waals surface area contributed by atoms with Crippen molar-refractivity contribution in [3.63, 3.8) is 0 Å². The minimum Gasteiger partial charge on any atom is -0.382 e. The number of rotatable bonds is 1. The fraction of sp³-hybridized carbons (Fsp3) is 0. The van der Waals surface area contributed by atoms with E-state index in [0.717, 1.165) is 0 Å². The number of benzene rings is 1. The molecule has 2 N–H and O–H groups in total. The molecule has 1 aromatic carbocycles. The van der Waals surface area contributed by atoms with Gasteiger partial charge in [-0.15, -0.1) is 0 Å². The molecule has 2 rings (SSSR count). The maximum atomic E-state index is 8.80. The Morgan fingerprint density at radius 1 is 1.41 bits per heavy atom. The minimum atomic E-state index is 0.239. The lowest BCUT2D eigenvalue weighted by Crippen LogP contribution is -2.03. The van der Waals surface area contributed by atoms with Crippen LogP contribution in [0.4, 0.5) is 5.82 Å². The van der Waals surface area contributed by atoms with E-state index in [-0.39, 0.29) is 5.82 Å². The summed E-state index contributed by atoms with van der Waals surface area (Å²) >= 11 is 15.3. The molecule has 0 saturated carbocycles. The Hall–Kier alpha value is -1.22. The number of hydrogen-bond donors (Lipinski definition) is 1. The number of aromatic nitrogens is 2. The summed E-state index contributed by atoms with van der Waals surface area (Å²) in [6.45, 7) is 0. The summed E-state index contributed by atoms with van der Waals surface area (Å²) in [5, 5.41) is 13.7. The number of nitriles is 1. The van der Waals surface area contributed by atoms with E-state index in [4.69, 9.17) is 34.2 Å². The lowest BCUT2D eigenvalue weighted by molar-refractivity contribution is 0.891. The van der Waals surface area contributed by atoms with Gasteiger partial charge in [-0.25, -0.2) is 4.68 Å². The second-order valence-electron chi connectivity index (χ2n) is 3.16. The Kier molecular flexibility index (Phi) is 3.29. The van der Waals surface area contributed by atoms with E-state index in [9.17, 15) is 0 Å². The predicted octanol–water partition coefficient (Wildman–Crippen LogP) is 3.40. The first-order valence-corrected chi connectivity index (χ1v) is 5.98. The number of halogens is 3. The van der Waals surface area contributed by atoms with Crippen molar-refractivity contribution >= 4 is 44.9 Å². The molecule has 0 aliphatic rings. The molecule has 0 aliphatic carbocycles. The summed E-state index contributed by atoms with van der Waals surface area (Å²) in [5.41, 5.74) is 6.63. The first kappa shape index (κ1) is 12.2. The zero-order chi connectivity index (χ0) is 12.6. The second kappa shape index (κ2) is 4.57. The van der Waals surface area contributed by atoms with Crippen molar-refractivity contribution in [1.82, 2.24) is 9.78 Å². The van der Waals surface area contributed by atoms with Crippen LogP contribution in [0.5, 0.6) is 0 Å². The number of anilines is 1. The summed E-state index contributed by atoms with van der Waals surface area (Å²) in [6, 6.07) is 5.29. The Bertz CT molecular complexity index is 630. The van der Waals surface area contributed by atoms with Gasteiger partial charge in [-0.1, -0.05) is 23.2 Å². The van der Waals surface area contributed by atoms with Crippen molar-refractivity contribution in [3.05, 3.63) is 38.4 Å². The number of nitrogen functional groups attached to an aromatic ring is 1. The topological polar surface area (TPSA) is 67.6 Å². The monoisotopic (exact) mass is 330 g/mol. The lowest BCUT2D eigenvalue weighted by atomic mass is 10.3. The van der Waals surface area contributed by atoms with Gasteiger partial charge in [-0.05, 0) is 28.1 Å². The first-order chi connectivity index (χ1) is 8.06. The van der Waals surface area contributed by atoms with Crippen LogP contribution in [0, 0.1) is 11.3 Å². The van der Waals surface area contributed by atoms with Crippen LogP contribution in [-0.4, -0.2) is 9.78 Å². The van der Waals surface area contributed by atoms with Crippen molar-refractivity contribution in [2.75, 3.05) is 5.73 Å². The molecular weight excluding hydrogens is 327 g/mol. The van der Waals surface area contributed by atoms with Gasteiger partial charge in [0, 0.05) is 0 Å². The molecule has 0 amide bonds. The molecule has 0 unspecified atom stereocenters.